The number of aldehydes is 1. The Morgan fingerprint density at radius 2 is 1.80 bits per heavy atom. The Hall–Kier alpha value is -0.510. The van der Waals surface area contributed by atoms with Crippen LogP contribution in [0.4, 0.5) is 0 Å². The highest BCUT2D eigenvalue weighted by Gasteiger charge is 2.21. The molecule has 0 aliphatic rings. The van der Waals surface area contributed by atoms with Crippen molar-refractivity contribution in [3.05, 3.63) is 27.9 Å². The Labute approximate surface area is 185 Å². The molecule has 7 nitrogen and oxygen atoms in total. The van der Waals surface area contributed by atoms with Crippen molar-refractivity contribution >= 4 is 91.9 Å². The first kappa shape index (κ1) is 22.5. The fourth-order valence-electron chi connectivity index (χ4n) is 1.80. The van der Waals surface area contributed by atoms with Gasteiger partial charge in [0.1, 0.15) is 6.61 Å². The second-order valence-electron chi connectivity index (χ2n) is 4.80. The zero-order valence-electron chi connectivity index (χ0n) is 13.2. The minimum absolute atomic E-state index is 0.0275. The summed E-state index contributed by atoms with van der Waals surface area (Å²) in [6.07, 6.45) is -0.0891. The Balaban J connectivity index is 2.91. The van der Waals surface area contributed by atoms with Gasteiger partial charge in [-0.25, -0.2) is 0 Å². The molecular formula is C15H14I3NO6. The summed E-state index contributed by atoms with van der Waals surface area (Å²) in [5.41, 5.74) is 0.820. The second-order valence-corrected chi connectivity index (χ2v) is 8.21. The van der Waals surface area contributed by atoms with Gasteiger partial charge in [-0.15, -0.1) is 0 Å². The summed E-state index contributed by atoms with van der Waals surface area (Å²) >= 11 is 6.01. The summed E-state index contributed by atoms with van der Waals surface area (Å²) in [5.74, 6) is -1.47. The van der Waals surface area contributed by atoms with E-state index in [1.54, 1.807) is 6.07 Å². The summed E-state index contributed by atoms with van der Waals surface area (Å²) in [6.45, 7) is 2.28. The van der Waals surface area contributed by atoms with Crippen LogP contribution in [0.2, 0.25) is 0 Å². The zero-order chi connectivity index (χ0) is 19.1. The molecule has 1 unspecified atom stereocenters. The third-order valence-corrected chi connectivity index (χ3v) is 5.71. The number of carbonyl (C=O) groups is 4. The molecule has 0 radical (unpaired) electrons. The lowest BCUT2D eigenvalue weighted by atomic mass is 10.1. The van der Waals surface area contributed by atoms with Crippen LogP contribution in [0.3, 0.4) is 0 Å². The molecule has 0 saturated carbocycles. The highest BCUT2D eigenvalue weighted by molar-refractivity contribution is 14.1. The van der Waals surface area contributed by atoms with E-state index in [-0.39, 0.29) is 13.2 Å². The quantitative estimate of drug-likeness (QED) is 0.270. The van der Waals surface area contributed by atoms with Gasteiger partial charge in [0.05, 0.1) is 12.1 Å². The first-order chi connectivity index (χ1) is 11.7. The van der Waals surface area contributed by atoms with E-state index < -0.39 is 23.9 Å². The number of carbonyl (C=O) groups excluding carboxylic acids is 4. The second kappa shape index (κ2) is 10.6. The number of halogens is 3. The fraction of sp³-hybridized carbons (Fsp3) is 0.333. The molecule has 1 N–H and O–H groups in total. The minimum atomic E-state index is -0.796. The van der Waals surface area contributed by atoms with E-state index in [0.717, 1.165) is 3.57 Å². The molecule has 25 heavy (non-hydrogen) atoms. The number of rotatable bonds is 7. The van der Waals surface area contributed by atoms with Crippen LogP contribution in [0.1, 0.15) is 34.6 Å². The lowest BCUT2D eigenvalue weighted by Gasteiger charge is -2.18. The van der Waals surface area contributed by atoms with Gasteiger partial charge >= 0.3 is 11.9 Å². The first-order valence-electron chi connectivity index (χ1n) is 6.88. The standard InChI is InChI=1S/C15H14I3NO6/c1-7(21)24-6-9(25-8(2)22)4-19-15(23)13-12(17)3-11(16)10(5-20)14(13)18/h3,5,9H,4,6H2,1-2H3,(H,19,23). The van der Waals surface area contributed by atoms with Crippen molar-refractivity contribution in [2.24, 2.45) is 0 Å². The predicted molar refractivity (Wildman–Crippen MR) is 115 cm³/mol. The van der Waals surface area contributed by atoms with Crippen LogP contribution in [0, 0.1) is 10.7 Å². The number of amides is 1. The van der Waals surface area contributed by atoms with Crippen molar-refractivity contribution in [3.63, 3.8) is 0 Å². The van der Waals surface area contributed by atoms with E-state index in [9.17, 15) is 19.2 Å². The van der Waals surface area contributed by atoms with Crippen LogP contribution in [0.5, 0.6) is 0 Å². The number of hydrogen-bond donors (Lipinski definition) is 1. The predicted octanol–water partition coefficient (Wildman–Crippen LogP) is 2.54. The molecule has 1 atom stereocenters. The van der Waals surface area contributed by atoms with Crippen LogP contribution in [0.25, 0.3) is 0 Å². The highest BCUT2D eigenvalue weighted by Crippen LogP contribution is 2.26. The number of nitrogens with one attached hydrogen (secondary N) is 1. The molecule has 1 aromatic carbocycles. The zero-order valence-corrected chi connectivity index (χ0v) is 19.7. The summed E-state index contributed by atoms with van der Waals surface area (Å²) in [4.78, 5) is 45.8. The van der Waals surface area contributed by atoms with Crippen LogP contribution in [-0.2, 0) is 19.1 Å². The van der Waals surface area contributed by atoms with Crippen molar-refractivity contribution in [1.82, 2.24) is 5.32 Å². The number of esters is 2. The largest absolute Gasteiger partial charge is 0.462 e. The summed E-state index contributed by atoms with van der Waals surface area (Å²) in [5, 5.41) is 2.65. The van der Waals surface area contributed by atoms with E-state index in [4.69, 9.17) is 9.47 Å². The minimum Gasteiger partial charge on any atom is -0.462 e. The lowest BCUT2D eigenvalue weighted by molar-refractivity contribution is -0.155. The fourth-order valence-corrected chi connectivity index (χ4v) is 5.91. The molecule has 136 valence electrons. The van der Waals surface area contributed by atoms with E-state index >= 15 is 0 Å². The van der Waals surface area contributed by atoms with Gasteiger partial charge < -0.3 is 14.8 Å². The molecule has 0 aliphatic carbocycles. The normalized spacial score (nSPS) is 11.4. The average Bonchev–Trinajstić information content (AvgIpc) is 2.49. The molecule has 1 rings (SSSR count). The topological polar surface area (TPSA) is 98.8 Å². The van der Waals surface area contributed by atoms with Crippen LogP contribution in [0.15, 0.2) is 6.07 Å². The number of hydrogen-bond acceptors (Lipinski definition) is 6. The number of ether oxygens (including phenoxy) is 2. The van der Waals surface area contributed by atoms with Crippen molar-refractivity contribution in [2.45, 2.75) is 20.0 Å². The summed E-state index contributed by atoms with van der Waals surface area (Å²) in [6, 6.07) is 1.74. The van der Waals surface area contributed by atoms with Gasteiger partial charge in [-0.1, -0.05) is 0 Å². The molecule has 0 aliphatic heterocycles. The molecular weight excluding hydrogens is 671 g/mol. The SMILES string of the molecule is CC(=O)OCC(CNC(=O)c1c(I)cc(I)c(C=O)c1I)OC(C)=O. The van der Waals surface area contributed by atoms with Gasteiger partial charge in [-0.2, -0.15) is 0 Å². The monoisotopic (exact) mass is 685 g/mol. The van der Waals surface area contributed by atoms with E-state index in [2.05, 4.69) is 5.32 Å². The molecule has 10 heteroatoms. The van der Waals surface area contributed by atoms with E-state index in [0.29, 0.717) is 24.6 Å². The van der Waals surface area contributed by atoms with Gasteiger partial charge in [0.15, 0.2) is 12.4 Å². The summed E-state index contributed by atoms with van der Waals surface area (Å²) < 4.78 is 11.8. The van der Waals surface area contributed by atoms with Crippen molar-refractivity contribution < 1.29 is 28.7 Å². The van der Waals surface area contributed by atoms with Crippen molar-refractivity contribution in [1.29, 1.82) is 0 Å². The lowest BCUT2D eigenvalue weighted by Crippen LogP contribution is -2.38. The maximum absolute atomic E-state index is 12.5. The maximum atomic E-state index is 12.5. The Morgan fingerprint density at radius 3 is 2.32 bits per heavy atom. The molecule has 0 bridgehead atoms. The Bertz CT molecular complexity index is 707. The van der Waals surface area contributed by atoms with Crippen LogP contribution >= 0.6 is 67.8 Å². The molecule has 0 fully saturated rings. The van der Waals surface area contributed by atoms with Gasteiger partial charge in [0.25, 0.3) is 5.91 Å². The molecule has 0 saturated heterocycles. The van der Waals surface area contributed by atoms with Gasteiger partial charge in [0, 0.05) is 30.1 Å². The van der Waals surface area contributed by atoms with Gasteiger partial charge in [-0.3, -0.25) is 19.2 Å². The van der Waals surface area contributed by atoms with Crippen molar-refractivity contribution in [2.75, 3.05) is 13.2 Å². The van der Waals surface area contributed by atoms with Crippen LogP contribution in [-0.4, -0.2) is 43.4 Å². The van der Waals surface area contributed by atoms with Crippen molar-refractivity contribution in [3.8, 4) is 0 Å². The number of benzene rings is 1. The van der Waals surface area contributed by atoms with E-state index in [1.807, 2.05) is 67.8 Å². The van der Waals surface area contributed by atoms with Gasteiger partial charge in [-0.05, 0) is 73.8 Å². The molecule has 0 aromatic heterocycles. The average molecular weight is 685 g/mol. The van der Waals surface area contributed by atoms with Crippen LogP contribution < -0.4 is 5.32 Å². The molecule has 1 amide bonds. The van der Waals surface area contributed by atoms with E-state index in [1.165, 1.54) is 13.8 Å². The Morgan fingerprint density at radius 1 is 1.16 bits per heavy atom. The Kier molecular flexibility index (Phi) is 9.55. The molecule has 0 spiro atoms. The molecule has 0 heterocycles. The smallest absolute Gasteiger partial charge is 0.303 e. The third-order valence-electron chi connectivity index (χ3n) is 2.85. The highest BCUT2D eigenvalue weighted by atomic mass is 127. The first-order valence-corrected chi connectivity index (χ1v) is 10.1. The molecule has 1 aromatic rings. The third kappa shape index (κ3) is 6.96. The van der Waals surface area contributed by atoms with Gasteiger partial charge in [0.2, 0.25) is 0 Å². The maximum Gasteiger partial charge on any atom is 0.303 e. The summed E-state index contributed by atoms with van der Waals surface area (Å²) in [7, 11) is 0.